The molecule has 0 saturated carbocycles. The molecule has 0 saturated heterocycles. The molecule has 1 aliphatic heterocycles. The van der Waals surface area contributed by atoms with E-state index in [2.05, 4.69) is 36.1 Å². The second kappa shape index (κ2) is 23.5. The van der Waals surface area contributed by atoms with Gasteiger partial charge < -0.3 is 44.4 Å². The fraction of sp³-hybridized carbons (Fsp3) is 0.346. The van der Waals surface area contributed by atoms with Crippen molar-refractivity contribution in [1.82, 2.24) is 35.1 Å². The zero-order chi connectivity index (χ0) is 55.0. The predicted molar refractivity (Wildman–Crippen MR) is 283 cm³/mol. The first kappa shape index (κ1) is 56.1. The van der Waals surface area contributed by atoms with Crippen LogP contribution in [-0.4, -0.2) is 106 Å². The molecule has 0 radical (unpaired) electrons. The number of amidine groups is 1. The smallest absolute Gasteiger partial charge is 0.408 e. The quantitative estimate of drug-likeness (QED) is 0.0427. The highest BCUT2D eigenvalue weighted by Gasteiger charge is 2.39. The van der Waals surface area contributed by atoms with E-state index in [1.165, 1.54) is 27.4 Å². The van der Waals surface area contributed by atoms with Gasteiger partial charge in [0.25, 0.3) is 0 Å². The summed E-state index contributed by atoms with van der Waals surface area (Å²) >= 11 is 0. The van der Waals surface area contributed by atoms with Gasteiger partial charge in [-0.25, -0.2) is 41.1 Å². The molecule has 76 heavy (non-hydrogen) atoms. The molecule has 2 bridgehead atoms. The fourth-order valence-corrected chi connectivity index (χ4v) is 11.4. The summed E-state index contributed by atoms with van der Waals surface area (Å²) in [6, 6.07) is 25.1. The lowest BCUT2D eigenvalue weighted by atomic mass is 9.97. The average molecular weight is 1080 g/mol. The lowest BCUT2D eigenvalue weighted by Crippen LogP contribution is -2.38. The summed E-state index contributed by atoms with van der Waals surface area (Å²) in [7, 11) is -5.56. The van der Waals surface area contributed by atoms with Crippen LogP contribution in [0.3, 0.4) is 0 Å². The monoisotopic (exact) mass is 1080 g/mol. The minimum atomic E-state index is -5.12. The van der Waals surface area contributed by atoms with Crippen LogP contribution in [0.1, 0.15) is 75.7 Å². The van der Waals surface area contributed by atoms with Crippen molar-refractivity contribution < 1.29 is 55.2 Å². The Kier molecular flexibility index (Phi) is 17.3. The number of alkyl carbamates (subject to hydrolysis) is 2. The Balaban J connectivity index is 1.54. The number of sulfonamides is 2. The van der Waals surface area contributed by atoms with Crippen LogP contribution in [0.25, 0.3) is 22.2 Å². The summed E-state index contributed by atoms with van der Waals surface area (Å²) < 4.78 is 93.9. The van der Waals surface area contributed by atoms with Gasteiger partial charge in [0.1, 0.15) is 55.8 Å². The van der Waals surface area contributed by atoms with Crippen molar-refractivity contribution in [1.29, 1.82) is 0 Å². The number of nitrogens with one attached hydrogen (secondary N) is 5. The van der Waals surface area contributed by atoms with Crippen LogP contribution in [0.15, 0.2) is 122 Å². The third-order valence-electron chi connectivity index (χ3n) is 11.3. The number of nitrogens with zero attached hydrogens (tertiary/aromatic N) is 5. The van der Waals surface area contributed by atoms with E-state index in [1.54, 1.807) is 126 Å². The number of rotatable bonds is 19. The normalized spacial score (nSPS) is 14.5. The van der Waals surface area contributed by atoms with Crippen LogP contribution >= 0.6 is 0 Å². The van der Waals surface area contributed by atoms with E-state index >= 15 is 16.8 Å². The molecular weight excluding hydrogens is 1020 g/mol. The zero-order valence-corrected chi connectivity index (χ0v) is 45.2. The summed E-state index contributed by atoms with van der Waals surface area (Å²) in [4.78, 5) is 37.1. The van der Waals surface area contributed by atoms with Crippen molar-refractivity contribution in [2.24, 2.45) is 15.3 Å². The summed E-state index contributed by atoms with van der Waals surface area (Å²) in [5, 5.41) is 24.5. The zero-order valence-electron chi connectivity index (χ0n) is 43.5. The number of carbonyl (C=O) groups excluding carboxylic acids is 2. The SMILES string of the molecule is COc1ccc(CN(Cc2ccc(OC)cc2)S(=O)(=O)c2c(S(=O)(=O)NCCNC(=O)OC(C)(C)C)ccc(-c3cccc4[nH]c([C@H](CO)NC(=O)OC(C)(C)C)nc34)c2C2=N/c3cc(ccc3OC)CN/N=N\2)cc1. The number of hydrogen-bond acceptors (Lipinski definition) is 17. The number of aliphatic imine (C=N–C) groups is 1. The van der Waals surface area contributed by atoms with Gasteiger partial charge in [-0.3, -0.25) is 5.43 Å². The Morgan fingerprint density at radius 1 is 0.763 bits per heavy atom. The van der Waals surface area contributed by atoms with E-state index in [0.717, 1.165) is 10.4 Å². The van der Waals surface area contributed by atoms with Crippen molar-refractivity contribution in [3.05, 3.63) is 125 Å². The number of ether oxygens (including phenoxy) is 5. The third-order valence-corrected chi connectivity index (χ3v) is 14.9. The van der Waals surface area contributed by atoms with E-state index in [1.807, 2.05) is 0 Å². The summed E-state index contributed by atoms with van der Waals surface area (Å²) in [6.07, 6.45) is -1.62. The van der Waals surface area contributed by atoms with Crippen LogP contribution in [0, 0.1) is 0 Å². The van der Waals surface area contributed by atoms with Crippen LogP contribution < -0.4 is 35.0 Å². The number of imidazole rings is 1. The molecule has 2 amide bonds. The fourth-order valence-electron chi connectivity index (χ4n) is 7.91. The second-order valence-corrected chi connectivity index (χ2v) is 22.9. The molecule has 6 aromatic rings. The van der Waals surface area contributed by atoms with E-state index < -0.39 is 72.4 Å². The predicted octanol–water partition coefficient (Wildman–Crippen LogP) is 7.56. The number of H-pyrrole nitrogens is 1. The first-order valence-electron chi connectivity index (χ1n) is 23.9. The molecule has 5 aromatic carbocycles. The lowest BCUT2D eigenvalue weighted by Gasteiger charge is -2.27. The maximum absolute atomic E-state index is 16.4. The highest BCUT2D eigenvalue weighted by atomic mass is 32.2. The first-order chi connectivity index (χ1) is 36.0. The molecule has 1 aliphatic rings. The van der Waals surface area contributed by atoms with Gasteiger partial charge in [-0.15, -0.1) is 5.11 Å². The Morgan fingerprint density at radius 2 is 1.39 bits per heavy atom. The summed E-state index contributed by atoms with van der Waals surface area (Å²) in [6.45, 7) is 8.47. The summed E-state index contributed by atoms with van der Waals surface area (Å²) in [5.41, 5.74) is 3.76. The minimum absolute atomic E-state index is 0.0781. The molecule has 1 atom stereocenters. The number of aromatic nitrogens is 2. The van der Waals surface area contributed by atoms with Crippen LogP contribution in [-0.2, 0) is 49.2 Å². The van der Waals surface area contributed by atoms with Gasteiger partial charge in [-0.05, 0) is 112 Å². The highest BCUT2D eigenvalue weighted by molar-refractivity contribution is 7.92. The Hall–Kier alpha value is -7.64. The molecule has 2 heterocycles. The molecule has 24 heteroatoms. The largest absolute Gasteiger partial charge is 0.497 e. The summed E-state index contributed by atoms with van der Waals surface area (Å²) in [5.74, 6) is 1.07. The molecule has 1 aromatic heterocycles. The molecule has 0 aliphatic carbocycles. The second-order valence-electron chi connectivity index (χ2n) is 19.3. The van der Waals surface area contributed by atoms with E-state index in [4.69, 9.17) is 33.7 Å². The lowest BCUT2D eigenvalue weighted by molar-refractivity contribution is 0.0476. The van der Waals surface area contributed by atoms with Gasteiger partial charge in [0.2, 0.25) is 20.0 Å². The number of fused-ring (bicyclic) bond motifs is 3. The molecule has 0 unspecified atom stereocenters. The topological polar surface area (TPSA) is 286 Å². The first-order valence-corrected chi connectivity index (χ1v) is 26.8. The van der Waals surface area contributed by atoms with Crippen LogP contribution in [0.5, 0.6) is 17.2 Å². The van der Waals surface area contributed by atoms with E-state index in [-0.39, 0.29) is 71.5 Å². The number of amides is 2. The van der Waals surface area contributed by atoms with Gasteiger partial charge in [0.05, 0.1) is 51.1 Å². The number of para-hydroxylation sites is 1. The molecular formula is C52H62N10O12S2. The third kappa shape index (κ3) is 13.8. The number of carbonyl (C=O) groups is 2. The van der Waals surface area contributed by atoms with Crippen molar-refractivity contribution in [3.63, 3.8) is 0 Å². The molecule has 0 spiro atoms. The average Bonchev–Trinajstić information content (AvgIpc) is 3.88. The van der Waals surface area contributed by atoms with E-state index in [9.17, 15) is 14.7 Å². The number of benzene rings is 5. The number of methoxy groups -OCH3 is 3. The van der Waals surface area contributed by atoms with Gasteiger partial charge in [0.15, 0.2) is 5.84 Å². The van der Waals surface area contributed by atoms with Crippen LogP contribution in [0.4, 0.5) is 15.3 Å². The van der Waals surface area contributed by atoms with Crippen molar-refractivity contribution >= 4 is 54.8 Å². The Morgan fingerprint density at radius 3 is 1.99 bits per heavy atom. The molecule has 22 nitrogen and oxygen atoms in total. The van der Waals surface area contributed by atoms with Gasteiger partial charge >= 0.3 is 12.2 Å². The molecule has 6 N–H and O–H groups in total. The van der Waals surface area contributed by atoms with Crippen molar-refractivity contribution in [3.8, 4) is 28.4 Å². The van der Waals surface area contributed by atoms with Crippen molar-refractivity contribution in [2.75, 3.05) is 41.0 Å². The van der Waals surface area contributed by atoms with E-state index in [0.29, 0.717) is 33.7 Å². The van der Waals surface area contributed by atoms with Gasteiger partial charge in [-0.1, -0.05) is 53.8 Å². The number of aliphatic hydroxyl groups excluding tert-OH is 1. The molecule has 7 rings (SSSR count). The Labute approximate surface area is 441 Å². The van der Waals surface area contributed by atoms with Gasteiger partial charge in [-0.2, -0.15) is 4.31 Å². The maximum atomic E-state index is 16.4. The van der Waals surface area contributed by atoms with Crippen LogP contribution in [0.2, 0.25) is 0 Å². The highest BCUT2D eigenvalue weighted by Crippen LogP contribution is 2.41. The maximum Gasteiger partial charge on any atom is 0.408 e. The number of aromatic amines is 1. The number of hydrogen-bond donors (Lipinski definition) is 6. The molecule has 0 fully saturated rings. The molecule has 404 valence electrons. The minimum Gasteiger partial charge on any atom is -0.497 e. The number of aliphatic hydroxyl groups is 1. The van der Waals surface area contributed by atoms with Crippen molar-refractivity contribution in [2.45, 2.75) is 88.2 Å². The van der Waals surface area contributed by atoms with Gasteiger partial charge in [0, 0.05) is 31.7 Å². The Bertz CT molecular complexity index is 3300. The standard InChI is InChI=1S/C52H62N10O12S2/c1-51(2,3)73-49(64)53-25-26-55-75(66,67)43-24-22-37(38-11-10-12-39-45(38)59-47(56-39)41(31-63)58-50(65)74-52(4,5)6)44(48-57-40-27-34(28-54-61-60-48)17-23-42(40)72-9)46(43)76(68,69)62(29-32-13-18-35(70-7)19-14-32)30-33-15-20-36(71-8)21-16-33/h10-24,27,41,55,63H,25-26,28-31H2,1-9H3,(H,53,64)(H,56,59)(H,58,65)(H,54,57,60)/t41-/m0/s1.